The topological polar surface area (TPSA) is 85.8 Å². The van der Waals surface area contributed by atoms with E-state index in [0.717, 1.165) is 6.26 Å². The van der Waals surface area contributed by atoms with Crippen LogP contribution in [0.1, 0.15) is 6.42 Å². The summed E-state index contributed by atoms with van der Waals surface area (Å²) in [7, 11) is -2.05. The van der Waals surface area contributed by atoms with Gasteiger partial charge in [-0.1, -0.05) is 0 Å². The predicted molar refractivity (Wildman–Crippen MR) is 70.6 cm³/mol. The van der Waals surface area contributed by atoms with Crippen molar-refractivity contribution in [2.24, 2.45) is 0 Å². The Hall–Kier alpha value is -1.67. The molecular weight excluding hydrogens is 284 g/mol. The Bertz CT molecular complexity index is 575. The average molecular weight is 300 g/mol. The van der Waals surface area contributed by atoms with E-state index < -0.39 is 16.2 Å². The molecule has 1 aliphatic heterocycles. The first-order valence-corrected chi connectivity index (χ1v) is 7.86. The van der Waals surface area contributed by atoms with E-state index in [-0.39, 0.29) is 25.0 Å². The summed E-state index contributed by atoms with van der Waals surface area (Å²) in [6.07, 6.45) is 3.45. The molecule has 0 spiro atoms. The zero-order valence-electron chi connectivity index (χ0n) is 11.2. The number of nitrogens with zero attached hydrogens (tertiary/aromatic N) is 2. The summed E-state index contributed by atoms with van der Waals surface area (Å²) >= 11 is 0. The number of rotatable bonds is 5. The van der Waals surface area contributed by atoms with Crippen LogP contribution in [0, 0.1) is 0 Å². The molecule has 2 heterocycles. The van der Waals surface area contributed by atoms with E-state index in [1.54, 1.807) is 31.6 Å². The van der Waals surface area contributed by atoms with Crippen LogP contribution in [-0.4, -0.2) is 56.3 Å². The van der Waals surface area contributed by atoms with Crippen molar-refractivity contribution in [2.75, 3.05) is 19.9 Å². The number of hydrogen-bond acceptors (Lipinski definition) is 6. The maximum absolute atomic E-state index is 11.9. The molecule has 0 bridgehead atoms. The van der Waals surface area contributed by atoms with Gasteiger partial charge in [-0.15, -0.1) is 0 Å². The third-order valence-electron chi connectivity index (χ3n) is 3.02. The first-order chi connectivity index (χ1) is 9.37. The molecule has 20 heavy (non-hydrogen) atoms. The number of carbonyl (C=O) groups is 1. The van der Waals surface area contributed by atoms with Gasteiger partial charge in [-0.25, -0.2) is 0 Å². The second-order valence-electron chi connectivity index (χ2n) is 4.63. The van der Waals surface area contributed by atoms with Crippen molar-refractivity contribution < 1.29 is 22.1 Å². The summed E-state index contributed by atoms with van der Waals surface area (Å²) < 4.78 is 32.5. The number of amides is 1. The third kappa shape index (κ3) is 3.67. The number of likely N-dealkylation sites (tertiary alicyclic amines) is 1. The highest BCUT2D eigenvalue weighted by atomic mass is 32.2. The number of pyridine rings is 1. The lowest BCUT2D eigenvalue weighted by Crippen LogP contribution is -2.34. The minimum Gasteiger partial charge on any atom is -0.490 e. The molecular formula is C12H16N2O5S. The molecule has 1 amide bonds. The van der Waals surface area contributed by atoms with Crippen LogP contribution in [0.2, 0.25) is 0 Å². The fourth-order valence-electron chi connectivity index (χ4n) is 2.01. The van der Waals surface area contributed by atoms with Crippen molar-refractivity contribution in [2.45, 2.75) is 18.6 Å². The van der Waals surface area contributed by atoms with Crippen LogP contribution in [-0.2, 0) is 19.1 Å². The van der Waals surface area contributed by atoms with E-state index in [1.165, 1.54) is 4.90 Å². The van der Waals surface area contributed by atoms with Crippen molar-refractivity contribution in [1.82, 2.24) is 9.88 Å². The number of likely N-dealkylation sites (N-methyl/N-ethyl adjacent to an activating group) is 1. The van der Waals surface area contributed by atoms with Crippen LogP contribution in [0.25, 0.3) is 0 Å². The zero-order valence-corrected chi connectivity index (χ0v) is 12.0. The molecule has 7 nitrogen and oxygen atoms in total. The van der Waals surface area contributed by atoms with E-state index in [2.05, 4.69) is 4.98 Å². The van der Waals surface area contributed by atoms with Gasteiger partial charge in [-0.3, -0.25) is 14.0 Å². The van der Waals surface area contributed by atoms with Gasteiger partial charge in [0, 0.05) is 19.7 Å². The molecule has 2 rings (SSSR count). The van der Waals surface area contributed by atoms with Crippen molar-refractivity contribution in [3.05, 3.63) is 24.5 Å². The highest BCUT2D eigenvalue weighted by molar-refractivity contribution is 7.86. The minimum absolute atomic E-state index is 0.227. The highest BCUT2D eigenvalue weighted by Gasteiger charge is 2.40. The van der Waals surface area contributed by atoms with Gasteiger partial charge in [0.1, 0.15) is 12.4 Å². The number of carbonyl (C=O) groups excluding carboxylic acids is 1. The molecule has 1 aliphatic rings. The zero-order chi connectivity index (χ0) is 14.8. The SMILES string of the molecule is CN1C(=O)[C@@H](OS(C)(=O)=O)CC1COc1cccnc1. The summed E-state index contributed by atoms with van der Waals surface area (Å²) in [6.45, 7) is 0.261. The first-order valence-electron chi connectivity index (χ1n) is 6.04. The van der Waals surface area contributed by atoms with Crippen LogP contribution >= 0.6 is 0 Å². The maximum atomic E-state index is 11.9. The molecule has 0 saturated carbocycles. The van der Waals surface area contributed by atoms with E-state index in [4.69, 9.17) is 8.92 Å². The predicted octanol–water partition coefficient (Wildman–Crippen LogP) is 0.0359. The lowest BCUT2D eigenvalue weighted by molar-refractivity contribution is -0.133. The van der Waals surface area contributed by atoms with Crippen LogP contribution in [0.5, 0.6) is 5.75 Å². The van der Waals surface area contributed by atoms with E-state index in [0.29, 0.717) is 5.75 Å². The number of ether oxygens (including phenoxy) is 1. The number of aromatic nitrogens is 1. The van der Waals surface area contributed by atoms with Gasteiger partial charge < -0.3 is 9.64 Å². The Morgan fingerprint density at radius 2 is 2.25 bits per heavy atom. The van der Waals surface area contributed by atoms with Gasteiger partial charge in [0.2, 0.25) is 0 Å². The molecule has 1 aromatic rings. The van der Waals surface area contributed by atoms with E-state index >= 15 is 0 Å². The standard InChI is InChI=1S/C12H16N2O5S/c1-14-9(8-18-10-4-3-5-13-7-10)6-11(12(14)15)19-20(2,16)17/h3-5,7,9,11H,6,8H2,1-2H3/t9?,11-/m0/s1. The van der Waals surface area contributed by atoms with Crippen LogP contribution in [0.3, 0.4) is 0 Å². The summed E-state index contributed by atoms with van der Waals surface area (Å²) in [5, 5.41) is 0. The second-order valence-corrected chi connectivity index (χ2v) is 6.23. The molecule has 110 valence electrons. The fraction of sp³-hybridized carbons (Fsp3) is 0.500. The van der Waals surface area contributed by atoms with Gasteiger partial charge >= 0.3 is 0 Å². The summed E-state index contributed by atoms with van der Waals surface area (Å²) in [4.78, 5) is 17.2. The van der Waals surface area contributed by atoms with Gasteiger partial charge in [-0.05, 0) is 12.1 Å². The van der Waals surface area contributed by atoms with Crippen molar-refractivity contribution in [3.63, 3.8) is 0 Å². The lowest BCUT2D eigenvalue weighted by atomic mass is 10.2. The third-order valence-corrected chi connectivity index (χ3v) is 3.61. The second kappa shape index (κ2) is 5.76. The smallest absolute Gasteiger partial charge is 0.265 e. The Morgan fingerprint density at radius 1 is 1.50 bits per heavy atom. The van der Waals surface area contributed by atoms with E-state index in [9.17, 15) is 13.2 Å². The Kier molecular flexibility index (Phi) is 4.24. The molecule has 0 N–H and O–H groups in total. The summed E-state index contributed by atoms with van der Waals surface area (Å²) in [5.74, 6) is 0.246. The van der Waals surface area contributed by atoms with Crippen molar-refractivity contribution in [3.8, 4) is 5.75 Å². The average Bonchev–Trinajstić information content (AvgIpc) is 2.64. The number of hydrogen-bond donors (Lipinski definition) is 0. The molecule has 8 heteroatoms. The highest BCUT2D eigenvalue weighted by Crippen LogP contribution is 2.22. The van der Waals surface area contributed by atoms with Crippen LogP contribution in [0.15, 0.2) is 24.5 Å². The summed E-state index contributed by atoms with van der Waals surface area (Å²) in [5.41, 5.74) is 0. The monoisotopic (exact) mass is 300 g/mol. The van der Waals surface area contributed by atoms with Gasteiger partial charge in [0.05, 0.1) is 18.5 Å². The van der Waals surface area contributed by atoms with Crippen molar-refractivity contribution >= 4 is 16.0 Å². The molecule has 1 unspecified atom stereocenters. The molecule has 0 aromatic carbocycles. The molecule has 0 radical (unpaired) electrons. The van der Waals surface area contributed by atoms with Crippen molar-refractivity contribution in [1.29, 1.82) is 0 Å². The molecule has 1 saturated heterocycles. The molecule has 1 fully saturated rings. The fourth-order valence-corrected chi connectivity index (χ4v) is 2.59. The quantitative estimate of drug-likeness (QED) is 0.714. The maximum Gasteiger partial charge on any atom is 0.265 e. The molecule has 2 atom stereocenters. The van der Waals surface area contributed by atoms with Crippen LogP contribution in [0.4, 0.5) is 0 Å². The minimum atomic E-state index is -3.65. The van der Waals surface area contributed by atoms with Gasteiger partial charge in [0.25, 0.3) is 16.0 Å². The summed E-state index contributed by atoms with van der Waals surface area (Å²) in [6, 6.07) is 3.28. The Labute approximate surface area is 117 Å². The Balaban J connectivity index is 1.95. The van der Waals surface area contributed by atoms with E-state index in [1.807, 2.05) is 0 Å². The Morgan fingerprint density at radius 3 is 2.85 bits per heavy atom. The normalized spacial score (nSPS) is 23.1. The van der Waals surface area contributed by atoms with Gasteiger partial charge in [-0.2, -0.15) is 8.42 Å². The largest absolute Gasteiger partial charge is 0.490 e. The molecule has 0 aliphatic carbocycles. The lowest BCUT2D eigenvalue weighted by Gasteiger charge is -2.19. The first kappa shape index (κ1) is 14.7. The molecule has 1 aromatic heterocycles. The van der Waals surface area contributed by atoms with Crippen LogP contribution < -0.4 is 4.74 Å². The van der Waals surface area contributed by atoms with Gasteiger partial charge in [0.15, 0.2) is 6.10 Å².